The molecule has 2 aliphatic rings. The highest BCUT2D eigenvalue weighted by atomic mass is 32.2. The Morgan fingerprint density at radius 3 is 2.68 bits per heavy atom. The number of benzene rings is 1. The van der Waals surface area contributed by atoms with Crippen LogP contribution in [0.3, 0.4) is 0 Å². The Labute approximate surface area is 127 Å². The number of hydrogen-bond acceptors (Lipinski definition) is 4. The van der Waals surface area contributed by atoms with Gasteiger partial charge in [-0.3, -0.25) is 0 Å². The van der Waals surface area contributed by atoms with Crippen molar-refractivity contribution in [1.29, 1.82) is 0 Å². The molecule has 1 saturated carbocycles. The highest BCUT2D eigenvalue weighted by Gasteiger charge is 2.43. The molecule has 22 heavy (non-hydrogen) atoms. The van der Waals surface area contributed by atoms with E-state index in [-0.39, 0.29) is 6.54 Å². The van der Waals surface area contributed by atoms with Crippen LogP contribution in [-0.2, 0) is 19.5 Å². The molecule has 3 rings (SSSR count). The quantitative estimate of drug-likeness (QED) is 0.914. The lowest BCUT2D eigenvalue weighted by atomic mass is 10.2. The first kappa shape index (κ1) is 15.8. The van der Waals surface area contributed by atoms with Gasteiger partial charge in [0.15, 0.2) is 5.79 Å². The van der Waals surface area contributed by atoms with Crippen molar-refractivity contribution in [3.8, 4) is 0 Å². The highest BCUT2D eigenvalue weighted by molar-refractivity contribution is 7.89. The summed E-state index contributed by atoms with van der Waals surface area (Å²) in [7, 11) is -4.06. The first-order valence-corrected chi connectivity index (χ1v) is 8.65. The summed E-state index contributed by atoms with van der Waals surface area (Å²) in [5.41, 5.74) is 0. The van der Waals surface area contributed by atoms with E-state index in [1.54, 1.807) is 0 Å². The van der Waals surface area contributed by atoms with Crippen molar-refractivity contribution in [3.05, 3.63) is 29.8 Å². The monoisotopic (exact) mass is 333 g/mol. The molecule has 1 N–H and O–H groups in total. The first-order chi connectivity index (χ1) is 10.4. The van der Waals surface area contributed by atoms with Gasteiger partial charge in [-0.15, -0.1) is 0 Å². The normalized spacial score (nSPS) is 24.2. The van der Waals surface area contributed by atoms with Crippen molar-refractivity contribution in [2.24, 2.45) is 0 Å². The summed E-state index contributed by atoms with van der Waals surface area (Å²) in [6, 6.07) is 2.34. The van der Waals surface area contributed by atoms with E-state index in [4.69, 9.17) is 9.47 Å². The van der Waals surface area contributed by atoms with Crippen molar-refractivity contribution in [1.82, 2.24) is 4.72 Å². The third-order valence-corrected chi connectivity index (χ3v) is 5.42. The number of rotatable bonds is 4. The SMILES string of the molecule is O=S(=O)(NCC1COC2(CCCC2)O1)c1ccc(F)cc1F. The largest absolute Gasteiger partial charge is 0.347 e. The fourth-order valence-corrected chi connectivity index (χ4v) is 3.99. The summed E-state index contributed by atoms with van der Waals surface area (Å²) in [6.45, 7) is 0.287. The van der Waals surface area contributed by atoms with Gasteiger partial charge in [0, 0.05) is 25.5 Å². The Morgan fingerprint density at radius 1 is 1.27 bits per heavy atom. The van der Waals surface area contributed by atoms with E-state index >= 15 is 0 Å². The zero-order chi connectivity index (χ0) is 15.8. The Bertz CT molecular complexity index is 659. The number of ether oxygens (including phenoxy) is 2. The summed E-state index contributed by atoms with van der Waals surface area (Å²) in [6.07, 6.45) is 3.26. The van der Waals surface area contributed by atoms with E-state index in [0.717, 1.165) is 37.8 Å². The van der Waals surface area contributed by atoms with Gasteiger partial charge in [0.25, 0.3) is 0 Å². The van der Waals surface area contributed by atoms with Crippen molar-refractivity contribution in [2.45, 2.75) is 42.5 Å². The molecule has 1 unspecified atom stereocenters. The zero-order valence-corrected chi connectivity index (χ0v) is 12.7. The Hall–Kier alpha value is -1.09. The second-order valence-corrected chi connectivity index (χ2v) is 7.33. The van der Waals surface area contributed by atoms with Crippen LogP contribution < -0.4 is 4.72 Å². The molecule has 1 heterocycles. The molecule has 1 saturated heterocycles. The van der Waals surface area contributed by atoms with Gasteiger partial charge >= 0.3 is 0 Å². The molecule has 122 valence electrons. The lowest BCUT2D eigenvalue weighted by Crippen LogP contribution is -2.35. The maximum absolute atomic E-state index is 13.6. The van der Waals surface area contributed by atoms with Crippen LogP contribution in [0.25, 0.3) is 0 Å². The Morgan fingerprint density at radius 2 is 2.00 bits per heavy atom. The minimum absolute atomic E-state index is 0.0130. The molecule has 5 nitrogen and oxygen atoms in total. The maximum atomic E-state index is 13.6. The minimum Gasteiger partial charge on any atom is -0.347 e. The van der Waals surface area contributed by atoms with Crippen LogP contribution in [0.2, 0.25) is 0 Å². The molecular weight excluding hydrogens is 316 g/mol. The van der Waals surface area contributed by atoms with Gasteiger partial charge in [-0.1, -0.05) is 0 Å². The lowest BCUT2D eigenvalue weighted by Gasteiger charge is -2.21. The van der Waals surface area contributed by atoms with Crippen LogP contribution in [0, 0.1) is 11.6 Å². The van der Waals surface area contributed by atoms with Gasteiger partial charge in [-0.05, 0) is 25.0 Å². The first-order valence-electron chi connectivity index (χ1n) is 7.17. The van der Waals surface area contributed by atoms with E-state index in [0.29, 0.717) is 12.7 Å². The molecule has 1 atom stereocenters. The molecule has 2 fully saturated rings. The van der Waals surface area contributed by atoms with Crippen LogP contribution in [0.4, 0.5) is 8.78 Å². The van der Waals surface area contributed by atoms with Crippen molar-refractivity contribution in [2.75, 3.05) is 13.2 Å². The summed E-state index contributed by atoms with van der Waals surface area (Å²) in [4.78, 5) is -0.580. The number of hydrogen-bond donors (Lipinski definition) is 1. The number of sulfonamides is 1. The topological polar surface area (TPSA) is 64.6 Å². The van der Waals surface area contributed by atoms with E-state index in [1.165, 1.54) is 0 Å². The number of halogens is 2. The maximum Gasteiger partial charge on any atom is 0.243 e. The Kier molecular flexibility index (Phi) is 4.19. The smallest absolute Gasteiger partial charge is 0.243 e. The van der Waals surface area contributed by atoms with E-state index in [9.17, 15) is 17.2 Å². The van der Waals surface area contributed by atoms with Crippen molar-refractivity contribution < 1.29 is 26.7 Å². The molecular formula is C14H17F2NO4S. The minimum atomic E-state index is -4.06. The molecule has 0 aromatic heterocycles. The summed E-state index contributed by atoms with van der Waals surface area (Å²) >= 11 is 0. The summed E-state index contributed by atoms with van der Waals surface area (Å²) < 4.78 is 64.3. The molecule has 1 aliphatic heterocycles. The average molecular weight is 333 g/mol. The van der Waals surface area contributed by atoms with Crippen LogP contribution in [0.5, 0.6) is 0 Å². The van der Waals surface area contributed by atoms with Crippen molar-refractivity contribution in [3.63, 3.8) is 0 Å². The van der Waals surface area contributed by atoms with Gasteiger partial charge in [0.05, 0.1) is 12.7 Å². The van der Waals surface area contributed by atoms with Crippen LogP contribution in [-0.4, -0.2) is 33.5 Å². The van der Waals surface area contributed by atoms with E-state index in [2.05, 4.69) is 4.72 Å². The van der Waals surface area contributed by atoms with Gasteiger partial charge in [0.2, 0.25) is 10.0 Å². The van der Waals surface area contributed by atoms with Crippen LogP contribution in [0.15, 0.2) is 23.1 Å². The lowest BCUT2D eigenvalue weighted by molar-refractivity contribution is -0.160. The zero-order valence-electron chi connectivity index (χ0n) is 11.8. The molecule has 0 bridgehead atoms. The average Bonchev–Trinajstić information content (AvgIpc) is 3.07. The second-order valence-electron chi connectivity index (χ2n) is 5.60. The molecule has 1 aliphatic carbocycles. The van der Waals surface area contributed by atoms with Crippen LogP contribution in [0.1, 0.15) is 25.7 Å². The highest BCUT2D eigenvalue weighted by Crippen LogP contribution is 2.39. The fourth-order valence-electron chi connectivity index (χ4n) is 2.87. The van der Waals surface area contributed by atoms with E-state index < -0.39 is 38.4 Å². The third-order valence-electron chi connectivity index (χ3n) is 3.96. The number of nitrogens with one attached hydrogen (secondary N) is 1. The predicted octanol–water partition coefficient (Wildman–Crippen LogP) is 1.93. The van der Waals surface area contributed by atoms with Gasteiger partial charge in [-0.2, -0.15) is 0 Å². The fraction of sp³-hybridized carbons (Fsp3) is 0.571. The molecule has 1 aromatic rings. The molecule has 1 aromatic carbocycles. The summed E-state index contributed by atoms with van der Waals surface area (Å²) in [5.74, 6) is -2.52. The van der Waals surface area contributed by atoms with Gasteiger partial charge < -0.3 is 9.47 Å². The van der Waals surface area contributed by atoms with E-state index in [1.807, 2.05) is 0 Å². The van der Waals surface area contributed by atoms with Gasteiger partial charge in [-0.25, -0.2) is 21.9 Å². The second kappa shape index (κ2) is 5.84. The Balaban J connectivity index is 1.63. The standard InChI is InChI=1S/C14H17F2NO4S/c15-10-3-4-13(12(16)7-10)22(18,19)17-8-11-9-20-14(21-11)5-1-2-6-14/h3-4,7,11,17H,1-2,5-6,8-9H2. The summed E-state index contributed by atoms with van der Waals surface area (Å²) in [5, 5.41) is 0. The molecule has 8 heteroatoms. The predicted molar refractivity (Wildman–Crippen MR) is 73.6 cm³/mol. The molecule has 0 amide bonds. The third kappa shape index (κ3) is 3.15. The molecule has 0 radical (unpaired) electrons. The molecule has 1 spiro atoms. The van der Waals surface area contributed by atoms with Crippen LogP contribution >= 0.6 is 0 Å². The van der Waals surface area contributed by atoms with Gasteiger partial charge in [0.1, 0.15) is 16.5 Å². The van der Waals surface area contributed by atoms with Crippen molar-refractivity contribution >= 4 is 10.0 Å².